The predicted molar refractivity (Wildman–Crippen MR) is 68.4 cm³/mol. The first-order valence-electron chi connectivity index (χ1n) is 5.32. The molecule has 3 rings (SSSR count). The van der Waals surface area contributed by atoms with Crippen LogP contribution in [0.25, 0.3) is 6.08 Å². The lowest BCUT2D eigenvalue weighted by Crippen LogP contribution is -1.97. The molecule has 84 valence electrons. The van der Waals surface area contributed by atoms with Crippen LogP contribution in [0, 0.1) is 6.92 Å². The van der Waals surface area contributed by atoms with Crippen LogP contribution in [0.4, 0.5) is 0 Å². The van der Waals surface area contributed by atoms with Gasteiger partial charge in [0.25, 0.3) is 0 Å². The van der Waals surface area contributed by atoms with Gasteiger partial charge in [0.2, 0.25) is 5.78 Å². The number of fused-ring (bicyclic) bond motifs is 1. The third-order valence-electron chi connectivity index (χ3n) is 2.64. The van der Waals surface area contributed by atoms with Crippen LogP contribution in [0.15, 0.2) is 41.5 Å². The van der Waals surface area contributed by atoms with E-state index in [1.165, 1.54) is 0 Å². The fraction of sp³-hybridized carbons (Fsp3) is 0.0714. The number of carbonyl (C=O) groups excluding carboxylic acids is 1. The van der Waals surface area contributed by atoms with Crippen molar-refractivity contribution in [1.82, 2.24) is 0 Å². The number of thiophene rings is 1. The van der Waals surface area contributed by atoms with Crippen molar-refractivity contribution >= 4 is 23.2 Å². The number of aryl methyl sites for hydroxylation is 1. The molecule has 3 heteroatoms. The molecule has 0 saturated heterocycles. The molecular formula is C14H10O2S. The molecule has 1 aliphatic heterocycles. The van der Waals surface area contributed by atoms with Gasteiger partial charge >= 0.3 is 0 Å². The maximum atomic E-state index is 12.0. The molecule has 2 nitrogen and oxygen atoms in total. The Morgan fingerprint density at radius 3 is 2.94 bits per heavy atom. The van der Waals surface area contributed by atoms with Crippen LogP contribution in [0.2, 0.25) is 0 Å². The number of ether oxygens (including phenoxy) is 1. The van der Waals surface area contributed by atoms with E-state index in [1.807, 2.05) is 42.6 Å². The van der Waals surface area contributed by atoms with E-state index in [0.29, 0.717) is 17.1 Å². The zero-order valence-corrected chi connectivity index (χ0v) is 10.1. The highest BCUT2D eigenvalue weighted by molar-refractivity contribution is 7.10. The summed E-state index contributed by atoms with van der Waals surface area (Å²) in [5.41, 5.74) is 1.74. The molecule has 0 fully saturated rings. The molecule has 0 unspecified atom stereocenters. The highest BCUT2D eigenvalue weighted by atomic mass is 32.1. The van der Waals surface area contributed by atoms with Crippen molar-refractivity contribution in [1.29, 1.82) is 0 Å². The highest BCUT2D eigenvalue weighted by Crippen LogP contribution is 2.32. The first-order chi connectivity index (χ1) is 8.24. The van der Waals surface area contributed by atoms with Gasteiger partial charge in [-0.15, -0.1) is 11.3 Å². The second-order valence-electron chi connectivity index (χ2n) is 3.95. The van der Waals surface area contributed by atoms with E-state index in [-0.39, 0.29) is 5.78 Å². The first kappa shape index (κ1) is 10.3. The normalized spacial score (nSPS) is 16.1. The number of rotatable bonds is 1. The van der Waals surface area contributed by atoms with E-state index in [2.05, 4.69) is 0 Å². The minimum Gasteiger partial charge on any atom is -0.452 e. The Bertz CT molecular complexity index is 609. The molecule has 0 atom stereocenters. The van der Waals surface area contributed by atoms with Crippen molar-refractivity contribution in [2.75, 3.05) is 0 Å². The predicted octanol–water partition coefficient (Wildman–Crippen LogP) is 3.67. The zero-order valence-electron chi connectivity index (χ0n) is 9.27. The molecular weight excluding hydrogens is 232 g/mol. The van der Waals surface area contributed by atoms with Crippen LogP contribution in [-0.4, -0.2) is 5.78 Å². The Balaban J connectivity index is 2.02. The number of benzene rings is 1. The maximum absolute atomic E-state index is 12.0. The second-order valence-corrected chi connectivity index (χ2v) is 4.93. The minimum atomic E-state index is -0.0339. The van der Waals surface area contributed by atoms with Crippen molar-refractivity contribution in [2.24, 2.45) is 0 Å². The van der Waals surface area contributed by atoms with Crippen LogP contribution in [0.5, 0.6) is 5.75 Å². The van der Waals surface area contributed by atoms with E-state index in [0.717, 1.165) is 10.4 Å². The molecule has 0 N–H and O–H groups in total. The van der Waals surface area contributed by atoms with Gasteiger partial charge in [-0.3, -0.25) is 4.79 Å². The summed E-state index contributed by atoms with van der Waals surface area (Å²) >= 11 is 1.59. The molecule has 0 bridgehead atoms. The molecule has 1 aromatic heterocycles. The molecule has 0 saturated carbocycles. The Kier molecular flexibility index (Phi) is 2.34. The summed E-state index contributed by atoms with van der Waals surface area (Å²) in [5, 5.41) is 1.98. The monoisotopic (exact) mass is 242 g/mol. The lowest BCUT2D eigenvalue weighted by molar-refractivity contribution is 0.101. The average molecular weight is 242 g/mol. The summed E-state index contributed by atoms with van der Waals surface area (Å²) < 4.78 is 5.59. The summed E-state index contributed by atoms with van der Waals surface area (Å²) in [7, 11) is 0. The quantitative estimate of drug-likeness (QED) is 0.713. The zero-order chi connectivity index (χ0) is 11.8. The van der Waals surface area contributed by atoms with E-state index in [9.17, 15) is 4.79 Å². The Morgan fingerprint density at radius 1 is 1.29 bits per heavy atom. The van der Waals surface area contributed by atoms with Crippen molar-refractivity contribution in [3.8, 4) is 5.75 Å². The number of hydrogen-bond acceptors (Lipinski definition) is 3. The summed E-state index contributed by atoms with van der Waals surface area (Å²) in [5.74, 6) is 1.04. The summed E-state index contributed by atoms with van der Waals surface area (Å²) in [4.78, 5) is 13.1. The fourth-order valence-electron chi connectivity index (χ4n) is 1.80. The minimum absolute atomic E-state index is 0.0339. The average Bonchev–Trinajstić information content (AvgIpc) is 2.89. The Labute approximate surface area is 103 Å². The lowest BCUT2D eigenvalue weighted by atomic mass is 10.1. The van der Waals surface area contributed by atoms with Gasteiger partial charge < -0.3 is 4.74 Å². The molecule has 1 aromatic carbocycles. The SMILES string of the molecule is Cc1ccc2c(c1)O/C(=C\c1cccs1)C2=O. The van der Waals surface area contributed by atoms with E-state index >= 15 is 0 Å². The third kappa shape index (κ3) is 1.78. The van der Waals surface area contributed by atoms with Crippen LogP contribution in [-0.2, 0) is 0 Å². The van der Waals surface area contributed by atoms with Gasteiger partial charge in [-0.05, 0) is 36.1 Å². The maximum Gasteiger partial charge on any atom is 0.231 e. The topological polar surface area (TPSA) is 26.3 Å². The van der Waals surface area contributed by atoms with Gasteiger partial charge in [0, 0.05) is 11.0 Å². The van der Waals surface area contributed by atoms with E-state index in [4.69, 9.17) is 4.74 Å². The number of ketones is 1. The fourth-order valence-corrected chi connectivity index (χ4v) is 2.44. The molecule has 2 aromatic rings. The second kappa shape index (κ2) is 3.86. The highest BCUT2D eigenvalue weighted by Gasteiger charge is 2.27. The van der Waals surface area contributed by atoms with E-state index < -0.39 is 0 Å². The third-order valence-corrected chi connectivity index (χ3v) is 3.46. The summed E-state index contributed by atoms with van der Waals surface area (Å²) in [6, 6.07) is 9.55. The van der Waals surface area contributed by atoms with Crippen molar-refractivity contribution < 1.29 is 9.53 Å². The van der Waals surface area contributed by atoms with Crippen LogP contribution >= 0.6 is 11.3 Å². The van der Waals surface area contributed by atoms with Gasteiger partial charge in [-0.25, -0.2) is 0 Å². The van der Waals surface area contributed by atoms with Crippen molar-refractivity contribution in [2.45, 2.75) is 6.92 Å². The lowest BCUT2D eigenvalue weighted by Gasteiger charge is -1.97. The van der Waals surface area contributed by atoms with Gasteiger partial charge in [0.15, 0.2) is 5.76 Å². The Morgan fingerprint density at radius 2 is 2.18 bits per heavy atom. The number of Topliss-reactive ketones (excluding diaryl/α,β-unsaturated/α-hetero) is 1. The van der Waals surface area contributed by atoms with Gasteiger partial charge in [0.1, 0.15) is 5.75 Å². The van der Waals surface area contributed by atoms with Crippen LogP contribution in [0.1, 0.15) is 20.8 Å². The molecule has 0 amide bonds. The molecule has 0 spiro atoms. The summed E-state index contributed by atoms with van der Waals surface area (Å²) in [6.07, 6.45) is 1.79. The molecule has 1 aliphatic rings. The number of allylic oxidation sites excluding steroid dienone is 1. The van der Waals surface area contributed by atoms with Crippen molar-refractivity contribution in [3.63, 3.8) is 0 Å². The summed E-state index contributed by atoms with van der Waals surface area (Å²) in [6.45, 7) is 1.98. The standard InChI is InChI=1S/C14H10O2S/c1-9-4-5-11-12(7-9)16-13(14(11)15)8-10-3-2-6-17-10/h2-8H,1H3/b13-8-. The van der Waals surface area contributed by atoms with Gasteiger partial charge in [-0.1, -0.05) is 12.1 Å². The molecule has 2 heterocycles. The van der Waals surface area contributed by atoms with Crippen LogP contribution < -0.4 is 4.74 Å². The first-order valence-corrected chi connectivity index (χ1v) is 6.20. The Hall–Kier alpha value is -1.87. The van der Waals surface area contributed by atoms with E-state index in [1.54, 1.807) is 17.4 Å². The number of hydrogen-bond donors (Lipinski definition) is 0. The number of carbonyl (C=O) groups is 1. The smallest absolute Gasteiger partial charge is 0.231 e. The largest absolute Gasteiger partial charge is 0.452 e. The van der Waals surface area contributed by atoms with Gasteiger partial charge in [-0.2, -0.15) is 0 Å². The van der Waals surface area contributed by atoms with Crippen LogP contribution in [0.3, 0.4) is 0 Å². The molecule has 17 heavy (non-hydrogen) atoms. The molecule has 0 aliphatic carbocycles. The molecule has 0 radical (unpaired) electrons. The van der Waals surface area contributed by atoms with Crippen molar-refractivity contribution in [3.05, 3.63) is 57.5 Å². The van der Waals surface area contributed by atoms with Gasteiger partial charge in [0.05, 0.1) is 5.56 Å².